The van der Waals surface area contributed by atoms with Crippen LogP contribution in [-0.2, 0) is 10.8 Å². The molecular formula is C30H36N2O4. The number of rotatable bonds is 8. The van der Waals surface area contributed by atoms with Crippen molar-refractivity contribution < 1.29 is 19.8 Å². The second kappa shape index (κ2) is 10.4. The predicted octanol–water partition coefficient (Wildman–Crippen LogP) is 6.98. The van der Waals surface area contributed by atoms with Crippen molar-refractivity contribution in [2.24, 2.45) is 0 Å². The summed E-state index contributed by atoms with van der Waals surface area (Å²) in [6.45, 7) is 12.1. The molecule has 0 spiro atoms. The fourth-order valence-electron chi connectivity index (χ4n) is 4.01. The summed E-state index contributed by atoms with van der Waals surface area (Å²) in [4.78, 5) is 26.3. The highest BCUT2D eigenvalue weighted by atomic mass is 16.3. The minimum absolute atomic E-state index is 0.0522. The standard InChI is InChI=1S/C30H36N2O4/c1-7-29(3,4)21-15-11-13-19(25(21)33)27(35)31-23-17-9-10-18-24(23)32-28(36)20-14-12-16-22(26(20)34)30(5,6)8-2/h9-18,33-34H,7-8H2,1-6H3,(H,31,35)(H,32,36). The van der Waals surface area contributed by atoms with E-state index in [1.54, 1.807) is 48.5 Å². The van der Waals surface area contributed by atoms with E-state index in [1.165, 1.54) is 0 Å². The van der Waals surface area contributed by atoms with Crippen molar-refractivity contribution in [1.29, 1.82) is 0 Å². The van der Waals surface area contributed by atoms with Gasteiger partial charge >= 0.3 is 0 Å². The first kappa shape index (κ1) is 26.8. The Morgan fingerprint density at radius 3 is 1.33 bits per heavy atom. The zero-order valence-corrected chi connectivity index (χ0v) is 21.9. The van der Waals surface area contributed by atoms with Crippen molar-refractivity contribution >= 4 is 23.2 Å². The molecule has 0 radical (unpaired) electrons. The maximum Gasteiger partial charge on any atom is 0.259 e. The molecule has 0 aliphatic rings. The van der Waals surface area contributed by atoms with Crippen LogP contribution in [0.25, 0.3) is 0 Å². The highest BCUT2D eigenvalue weighted by Gasteiger charge is 2.27. The van der Waals surface area contributed by atoms with E-state index in [-0.39, 0.29) is 33.5 Å². The van der Waals surface area contributed by atoms with Crippen LogP contribution in [0.1, 0.15) is 86.2 Å². The van der Waals surface area contributed by atoms with E-state index in [9.17, 15) is 19.8 Å². The summed E-state index contributed by atoms with van der Waals surface area (Å²) in [5.41, 5.74) is 1.86. The zero-order chi connectivity index (χ0) is 26.7. The van der Waals surface area contributed by atoms with Crippen LogP contribution in [-0.4, -0.2) is 22.0 Å². The van der Waals surface area contributed by atoms with E-state index < -0.39 is 11.8 Å². The lowest BCUT2D eigenvalue weighted by Crippen LogP contribution is -2.20. The van der Waals surface area contributed by atoms with Crippen molar-refractivity contribution in [2.75, 3.05) is 10.6 Å². The van der Waals surface area contributed by atoms with Gasteiger partial charge in [0, 0.05) is 11.1 Å². The molecule has 6 nitrogen and oxygen atoms in total. The Morgan fingerprint density at radius 2 is 1.00 bits per heavy atom. The quantitative estimate of drug-likeness (QED) is 0.275. The van der Waals surface area contributed by atoms with Crippen molar-refractivity contribution in [3.63, 3.8) is 0 Å². The average molecular weight is 489 g/mol. The van der Waals surface area contributed by atoms with Crippen LogP contribution < -0.4 is 10.6 Å². The number of aromatic hydroxyl groups is 2. The number of para-hydroxylation sites is 4. The summed E-state index contributed by atoms with van der Waals surface area (Å²) in [5, 5.41) is 27.3. The number of amides is 2. The minimum atomic E-state index is -0.488. The largest absolute Gasteiger partial charge is 0.507 e. The van der Waals surface area contributed by atoms with Gasteiger partial charge < -0.3 is 20.8 Å². The number of anilines is 2. The molecule has 4 N–H and O–H groups in total. The second-order valence-electron chi connectivity index (χ2n) is 10.3. The van der Waals surface area contributed by atoms with Gasteiger partial charge in [0.25, 0.3) is 11.8 Å². The molecule has 190 valence electrons. The van der Waals surface area contributed by atoms with Gasteiger partial charge in [-0.1, -0.05) is 77.9 Å². The lowest BCUT2D eigenvalue weighted by atomic mass is 9.81. The third kappa shape index (κ3) is 5.38. The summed E-state index contributed by atoms with van der Waals surface area (Å²) in [7, 11) is 0. The molecule has 6 heteroatoms. The smallest absolute Gasteiger partial charge is 0.259 e. The van der Waals surface area contributed by atoms with Gasteiger partial charge in [-0.25, -0.2) is 0 Å². The van der Waals surface area contributed by atoms with Crippen LogP contribution in [0, 0.1) is 0 Å². The zero-order valence-electron chi connectivity index (χ0n) is 21.9. The van der Waals surface area contributed by atoms with Crippen LogP contribution in [0.4, 0.5) is 11.4 Å². The molecule has 36 heavy (non-hydrogen) atoms. The molecule has 3 rings (SSSR count). The fourth-order valence-corrected chi connectivity index (χ4v) is 4.01. The molecule has 0 saturated carbocycles. The van der Waals surface area contributed by atoms with Crippen LogP contribution in [0.2, 0.25) is 0 Å². The number of nitrogens with one attached hydrogen (secondary N) is 2. The first-order valence-corrected chi connectivity index (χ1v) is 12.3. The third-order valence-corrected chi connectivity index (χ3v) is 7.21. The van der Waals surface area contributed by atoms with E-state index in [4.69, 9.17) is 0 Å². The minimum Gasteiger partial charge on any atom is -0.507 e. The molecule has 0 bridgehead atoms. The summed E-state index contributed by atoms with van der Waals surface area (Å²) >= 11 is 0. The molecule has 0 aromatic heterocycles. The molecule has 0 aliphatic carbocycles. The number of carbonyl (C=O) groups excluding carboxylic acids is 2. The highest BCUT2D eigenvalue weighted by Crippen LogP contribution is 2.37. The number of hydrogen-bond acceptors (Lipinski definition) is 4. The molecule has 3 aromatic carbocycles. The van der Waals surface area contributed by atoms with E-state index >= 15 is 0 Å². The molecule has 0 heterocycles. The van der Waals surface area contributed by atoms with E-state index in [1.807, 2.05) is 53.7 Å². The number of phenols is 2. The Kier molecular flexibility index (Phi) is 7.77. The first-order valence-electron chi connectivity index (χ1n) is 12.3. The number of benzene rings is 3. The Balaban J connectivity index is 1.89. The van der Waals surface area contributed by atoms with Gasteiger partial charge in [0.2, 0.25) is 0 Å². The van der Waals surface area contributed by atoms with Gasteiger partial charge in [0.15, 0.2) is 0 Å². The number of hydrogen-bond donors (Lipinski definition) is 4. The maximum absolute atomic E-state index is 13.1. The van der Waals surface area contributed by atoms with E-state index in [0.717, 1.165) is 12.8 Å². The van der Waals surface area contributed by atoms with Crippen molar-refractivity contribution in [2.45, 2.75) is 65.2 Å². The molecule has 0 saturated heterocycles. The molecule has 0 unspecified atom stereocenters. The molecule has 3 aromatic rings. The average Bonchev–Trinajstić information content (AvgIpc) is 2.85. The van der Waals surface area contributed by atoms with Gasteiger partial charge in [-0.15, -0.1) is 0 Å². The third-order valence-electron chi connectivity index (χ3n) is 7.21. The SMILES string of the molecule is CCC(C)(C)c1cccc(C(=O)Nc2ccccc2NC(=O)c2cccc(C(C)(C)CC)c2O)c1O. The number of carbonyl (C=O) groups is 2. The fraction of sp³-hybridized carbons (Fsp3) is 0.333. The maximum atomic E-state index is 13.1. The number of phenolic OH excluding ortho intramolecular Hbond substituents is 2. The van der Waals surface area contributed by atoms with Crippen LogP contribution >= 0.6 is 0 Å². The lowest BCUT2D eigenvalue weighted by molar-refractivity contribution is 0.101. The van der Waals surface area contributed by atoms with Gasteiger partial charge in [0.05, 0.1) is 22.5 Å². The van der Waals surface area contributed by atoms with Gasteiger partial charge in [-0.2, -0.15) is 0 Å². The summed E-state index contributed by atoms with van der Waals surface area (Å²) in [6, 6.07) is 17.1. The first-order chi connectivity index (χ1) is 16.9. The highest BCUT2D eigenvalue weighted by molar-refractivity contribution is 6.11. The van der Waals surface area contributed by atoms with Crippen LogP contribution in [0.5, 0.6) is 11.5 Å². The second-order valence-corrected chi connectivity index (χ2v) is 10.3. The van der Waals surface area contributed by atoms with Crippen molar-refractivity contribution in [1.82, 2.24) is 0 Å². The van der Waals surface area contributed by atoms with Crippen LogP contribution in [0.15, 0.2) is 60.7 Å². The normalized spacial score (nSPS) is 11.7. The lowest BCUT2D eigenvalue weighted by Gasteiger charge is -2.25. The van der Waals surface area contributed by atoms with Gasteiger partial charge in [-0.3, -0.25) is 9.59 Å². The molecule has 0 fully saturated rings. The molecule has 0 aliphatic heterocycles. The Labute approximate surface area is 213 Å². The van der Waals surface area contributed by atoms with Crippen molar-refractivity contribution in [3.8, 4) is 11.5 Å². The summed E-state index contributed by atoms with van der Waals surface area (Å²) < 4.78 is 0. The topological polar surface area (TPSA) is 98.7 Å². The predicted molar refractivity (Wildman–Crippen MR) is 145 cm³/mol. The van der Waals surface area contributed by atoms with Crippen molar-refractivity contribution in [3.05, 3.63) is 82.9 Å². The molecule has 2 amide bonds. The summed E-state index contributed by atoms with van der Waals surface area (Å²) in [5.74, 6) is -1.08. The Morgan fingerprint density at radius 1 is 0.639 bits per heavy atom. The Bertz CT molecular complexity index is 1180. The van der Waals surface area contributed by atoms with Gasteiger partial charge in [-0.05, 0) is 47.9 Å². The summed E-state index contributed by atoms with van der Waals surface area (Å²) in [6.07, 6.45) is 1.59. The molecular weight excluding hydrogens is 452 g/mol. The van der Waals surface area contributed by atoms with Crippen LogP contribution in [0.3, 0.4) is 0 Å². The Hall–Kier alpha value is -3.80. The van der Waals surface area contributed by atoms with E-state index in [0.29, 0.717) is 22.5 Å². The molecule has 0 atom stereocenters. The van der Waals surface area contributed by atoms with Gasteiger partial charge in [0.1, 0.15) is 11.5 Å². The monoisotopic (exact) mass is 488 g/mol. The van der Waals surface area contributed by atoms with E-state index in [2.05, 4.69) is 10.6 Å².